The van der Waals surface area contributed by atoms with Gasteiger partial charge in [-0.1, -0.05) is 20.3 Å². The van der Waals surface area contributed by atoms with Gasteiger partial charge < -0.3 is 21.1 Å². The minimum atomic E-state index is -0.0558. The maximum absolute atomic E-state index is 12.3. The Kier molecular flexibility index (Phi) is 6.19. The first kappa shape index (κ1) is 19.9. The number of hydrogen-bond donors (Lipinski definition) is 4. The summed E-state index contributed by atoms with van der Waals surface area (Å²) in [4.78, 5) is 23.7. The number of unbranched alkanes of at least 4 members (excludes halogenated alkanes) is 1. The molecule has 0 saturated carbocycles. The van der Waals surface area contributed by atoms with Crippen LogP contribution in [0.4, 0.5) is 10.5 Å². The summed E-state index contributed by atoms with van der Waals surface area (Å²) in [5.74, 6) is 1.44. The minimum absolute atomic E-state index is 0.00582. The Hall–Kier alpha value is -1.89. The van der Waals surface area contributed by atoms with E-state index < -0.39 is 0 Å². The predicted molar refractivity (Wildman–Crippen MR) is 110 cm³/mol. The average Bonchev–Trinajstić information content (AvgIpc) is 3.13. The van der Waals surface area contributed by atoms with Crippen LogP contribution in [0.15, 0.2) is 12.1 Å². The third-order valence-electron chi connectivity index (χ3n) is 5.35. The van der Waals surface area contributed by atoms with Gasteiger partial charge in [-0.15, -0.1) is 0 Å². The van der Waals surface area contributed by atoms with E-state index in [1.165, 1.54) is 0 Å². The lowest BCUT2D eigenvalue weighted by Gasteiger charge is -2.16. The van der Waals surface area contributed by atoms with Gasteiger partial charge in [-0.25, -0.2) is 4.79 Å². The Morgan fingerprint density at radius 1 is 1.33 bits per heavy atom. The predicted octanol–water partition coefficient (Wildman–Crippen LogP) is 3.49. The minimum Gasteiger partial charge on any atom is -0.508 e. The van der Waals surface area contributed by atoms with Crippen LogP contribution in [-0.4, -0.2) is 40.1 Å². The molecule has 6 nitrogen and oxygen atoms in total. The van der Waals surface area contributed by atoms with E-state index in [1.54, 1.807) is 6.07 Å². The van der Waals surface area contributed by atoms with Crippen LogP contribution in [0.5, 0.6) is 5.75 Å². The van der Waals surface area contributed by atoms with Crippen molar-refractivity contribution in [3.05, 3.63) is 23.3 Å². The number of phenols is 1. The number of aromatic hydroxyl groups is 1. The highest BCUT2D eigenvalue weighted by atomic mass is 32.2. The first-order valence-electron chi connectivity index (χ1n) is 9.67. The molecular weight excluding hydrogens is 362 g/mol. The monoisotopic (exact) mass is 391 g/mol. The number of benzene rings is 1. The normalized spacial score (nSPS) is 23.9. The van der Waals surface area contributed by atoms with E-state index in [4.69, 9.17) is 0 Å². The van der Waals surface area contributed by atoms with E-state index in [0.717, 1.165) is 41.8 Å². The quantitative estimate of drug-likeness (QED) is 0.325. The van der Waals surface area contributed by atoms with Crippen molar-refractivity contribution in [2.75, 3.05) is 11.1 Å². The number of carbonyl (C=O) groups is 2. The van der Waals surface area contributed by atoms with Gasteiger partial charge in [-0.05, 0) is 48.9 Å². The van der Waals surface area contributed by atoms with Crippen molar-refractivity contribution in [3.63, 3.8) is 0 Å². The van der Waals surface area contributed by atoms with Gasteiger partial charge in [-0.3, -0.25) is 4.79 Å². The molecule has 0 spiro atoms. The van der Waals surface area contributed by atoms with Gasteiger partial charge in [0.1, 0.15) is 5.75 Å². The van der Waals surface area contributed by atoms with Gasteiger partial charge in [0.15, 0.2) is 0 Å². The molecule has 1 aromatic carbocycles. The van der Waals surface area contributed by atoms with Gasteiger partial charge >= 0.3 is 6.03 Å². The number of nitrogens with one attached hydrogen (secondary N) is 3. The van der Waals surface area contributed by atoms with E-state index in [9.17, 15) is 14.7 Å². The van der Waals surface area contributed by atoms with Crippen LogP contribution in [0.2, 0.25) is 0 Å². The van der Waals surface area contributed by atoms with E-state index in [1.807, 2.05) is 38.6 Å². The van der Waals surface area contributed by atoms with Gasteiger partial charge in [-0.2, -0.15) is 11.8 Å². The molecule has 2 aliphatic rings. The fraction of sp³-hybridized carbons (Fsp3) is 0.600. The van der Waals surface area contributed by atoms with Crippen LogP contribution in [0.25, 0.3) is 0 Å². The Balaban J connectivity index is 1.44. The second-order valence-electron chi connectivity index (χ2n) is 7.80. The summed E-state index contributed by atoms with van der Waals surface area (Å²) in [6.07, 6.45) is 3.29. The lowest BCUT2D eigenvalue weighted by atomic mass is 9.99. The summed E-state index contributed by atoms with van der Waals surface area (Å²) in [5, 5.41) is 19.4. The Morgan fingerprint density at radius 3 is 2.85 bits per heavy atom. The molecule has 0 aliphatic carbocycles. The zero-order valence-corrected chi connectivity index (χ0v) is 17.0. The number of aryl methyl sites for hydroxylation is 1. The largest absolute Gasteiger partial charge is 0.508 e. The topological polar surface area (TPSA) is 90.5 Å². The number of phenolic OH excluding ortho intramolecular Hbond substituents is 1. The molecule has 2 fully saturated rings. The molecule has 0 aromatic heterocycles. The molecule has 3 rings (SSSR count). The molecule has 4 N–H and O–H groups in total. The fourth-order valence-electron chi connectivity index (χ4n) is 3.79. The highest BCUT2D eigenvalue weighted by Gasteiger charge is 2.42. The summed E-state index contributed by atoms with van der Waals surface area (Å²) >= 11 is 1.90. The van der Waals surface area contributed by atoms with Crippen molar-refractivity contribution in [3.8, 4) is 5.75 Å². The van der Waals surface area contributed by atoms with Gasteiger partial charge in [0.25, 0.3) is 0 Å². The Bertz CT molecular complexity index is 723. The van der Waals surface area contributed by atoms with Crippen LogP contribution in [0.1, 0.15) is 56.6 Å². The molecule has 0 radical (unpaired) electrons. The standard InChI is InChI=1S/C20H29N3O3S/c1-11(2)13-9-14(12(3)8-16(13)24)21-18(25)7-5-4-6-17-19-15(10-27-17)22-20(26)23-19/h8-9,11,15,17,19,24H,4-7,10H2,1-3H3,(H,21,25)(H2,22,23,26)/t15-,17-,19-/m0/s1. The van der Waals surface area contributed by atoms with Crippen molar-refractivity contribution in [2.24, 2.45) is 0 Å². The average molecular weight is 392 g/mol. The first-order valence-corrected chi connectivity index (χ1v) is 10.7. The summed E-state index contributed by atoms with van der Waals surface area (Å²) in [7, 11) is 0. The molecule has 2 aliphatic heterocycles. The second kappa shape index (κ2) is 8.42. The molecule has 2 saturated heterocycles. The maximum atomic E-state index is 12.3. The molecule has 3 atom stereocenters. The third kappa shape index (κ3) is 4.69. The molecule has 2 heterocycles. The first-order chi connectivity index (χ1) is 12.8. The number of carbonyl (C=O) groups excluding carboxylic acids is 2. The second-order valence-corrected chi connectivity index (χ2v) is 9.07. The third-order valence-corrected chi connectivity index (χ3v) is 6.86. The lowest BCUT2D eigenvalue weighted by Crippen LogP contribution is -2.36. The zero-order valence-electron chi connectivity index (χ0n) is 16.2. The number of amides is 3. The summed E-state index contributed by atoms with van der Waals surface area (Å²) in [6.45, 7) is 5.92. The molecule has 0 bridgehead atoms. The Labute approximate surface area is 164 Å². The highest BCUT2D eigenvalue weighted by molar-refractivity contribution is 8.00. The van der Waals surface area contributed by atoms with Crippen LogP contribution >= 0.6 is 11.8 Å². The number of thioether (sulfide) groups is 1. The summed E-state index contributed by atoms with van der Waals surface area (Å²) in [5.41, 5.74) is 2.48. The van der Waals surface area contributed by atoms with Crippen LogP contribution in [0, 0.1) is 6.92 Å². The maximum Gasteiger partial charge on any atom is 0.315 e. The highest BCUT2D eigenvalue weighted by Crippen LogP contribution is 2.33. The van der Waals surface area contributed by atoms with E-state index in [2.05, 4.69) is 16.0 Å². The molecule has 27 heavy (non-hydrogen) atoms. The Morgan fingerprint density at radius 2 is 2.11 bits per heavy atom. The number of hydrogen-bond acceptors (Lipinski definition) is 4. The van der Waals surface area contributed by atoms with E-state index >= 15 is 0 Å². The SMILES string of the molecule is Cc1cc(O)c(C(C)C)cc1NC(=O)CCCC[C@@H]1SC[C@@H]2NC(=O)N[C@@H]21. The molecule has 1 aromatic rings. The van der Waals surface area contributed by atoms with Crippen LogP contribution in [-0.2, 0) is 4.79 Å². The summed E-state index contributed by atoms with van der Waals surface area (Å²) in [6, 6.07) is 4.01. The number of anilines is 1. The van der Waals surface area contributed by atoms with Gasteiger partial charge in [0.2, 0.25) is 5.91 Å². The van der Waals surface area contributed by atoms with Gasteiger partial charge in [0.05, 0.1) is 12.1 Å². The molecule has 3 amide bonds. The molecule has 7 heteroatoms. The van der Waals surface area contributed by atoms with Crippen molar-refractivity contribution in [1.29, 1.82) is 0 Å². The van der Waals surface area contributed by atoms with Crippen LogP contribution < -0.4 is 16.0 Å². The van der Waals surface area contributed by atoms with Crippen molar-refractivity contribution < 1.29 is 14.7 Å². The van der Waals surface area contributed by atoms with Gasteiger partial charge in [0, 0.05) is 23.1 Å². The number of urea groups is 1. The zero-order chi connectivity index (χ0) is 19.6. The number of rotatable bonds is 7. The molecular formula is C20H29N3O3S. The van der Waals surface area contributed by atoms with Crippen molar-refractivity contribution >= 4 is 29.4 Å². The fourth-order valence-corrected chi connectivity index (χ4v) is 5.34. The molecule has 148 valence electrons. The van der Waals surface area contributed by atoms with Crippen molar-refractivity contribution in [2.45, 2.75) is 69.7 Å². The van der Waals surface area contributed by atoms with Crippen molar-refractivity contribution in [1.82, 2.24) is 10.6 Å². The molecule has 0 unspecified atom stereocenters. The summed E-state index contributed by atoms with van der Waals surface area (Å²) < 4.78 is 0. The van der Waals surface area contributed by atoms with E-state index in [0.29, 0.717) is 11.7 Å². The lowest BCUT2D eigenvalue weighted by molar-refractivity contribution is -0.116. The smallest absolute Gasteiger partial charge is 0.315 e. The number of fused-ring (bicyclic) bond motifs is 1. The van der Waals surface area contributed by atoms with Crippen LogP contribution in [0.3, 0.4) is 0 Å². The van der Waals surface area contributed by atoms with E-state index in [-0.39, 0.29) is 35.7 Å².